The molecule has 0 spiro atoms. The van der Waals surface area contributed by atoms with Crippen LogP contribution in [0, 0.1) is 0 Å². The van der Waals surface area contributed by atoms with Crippen molar-refractivity contribution in [3.63, 3.8) is 0 Å². The van der Waals surface area contributed by atoms with Gasteiger partial charge in [-0.3, -0.25) is 0 Å². The number of hydrogen-bond acceptors (Lipinski definition) is 1. The highest BCUT2D eigenvalue weighted by Crippen LogP contribution is 2.21. The van der Waals surface area contributed by atoms with Gasteiger partial charge in [-0.15, -0.1) is 0 Å². The fourth-order valence-electron chi connectivity index (χ4n) is 1.49. The second kappa shape index (κ2) is 8.09. The standard InChI is InChI=1S/C11H16.ClO/c1-3-10(4-2)11-8-6-5-7-9-11;1-2/h5-10H,3-4H2,1-2H3;/q;-1. The average Bonchev–Trinajstić information content (AvgIpc) is 2.24. The molecule has 0 aromatic heterocycles. The van der Waals surface area contributed by atoms with Crippen LogP contribution < -0.4 is 4.66 Å². The zero-order chi connectivity index (χ0) is 10.1. The van der Waals surface area contributed by atoms with Crippen molar-refractivity contribution >= 4 is 11.9 Å². The number of rotatable bonds is 3. The van der Waals surface area contributed by atoms with Gasteiger partial charge in [-0.1, -0.05) is 44.2 Å². The van der Waals surface area contributed by atoms with Gasteiger partial charge in [0.2, 0.25) is 0 Å². The molecule has 0 unspecified atom stereocenters. The molecule has 0 saturated heterocycles. The number of benzene rings is 1. The molecule has 2 heteroatoms. The summed E-state index contributed by atoms with van der Waals surface area (Å²) in [6, 6.07) is 10.8. The lowest BCUT2D eigenvalue weighted by molar-refractivity contribution is -0.166. The van der Waals surface area contributed by atoms with E-state index in [9.17, 15) is 0 Å². The SMILES string of the molecule is CCC(CC)c1ccccc1.[O-]Cl. The van der Waals surface area contributed by atoms with Crippen LogP contribution in [0.5, 0.6) is 0 Å². The van der Waals surface area contributed by atoms with Gasteiger partial charge in [0.15, 0.2) is 0 Å². The van der Waals surface area contributed by atoms with Crippen LogP contribution in [-0.4, -0.2) is 0 Å². The molecule has 0 aliphatic rings. The minimum Gasteiger partial charge on any atom is -0.769 e. The molecule has 1 aromatic carbocycles. The van der Waals surface area contributed by atoms with Crippen LogP contribution in [0.1, 0.15) is 38.2 Å². The minimum absolute atomic E-state index is 0.760. The summed E-state index contributed by atoms with van der Waals surface area (Å²) < 4.78 is 7.72. The summed E-state index contributed by atoms with van der Waals surface area (Å²) in [7, 11) is 0. The van der Waals surface area contributed by atoms with Crippen LogP contribution in [0.3, 0.4) is 0 Å². The second-order valence-electron chi connectivity index (χ2n) is 2.92. The molecule has 0 aliphatic heterocycles. The first-order valence-corrected chi connectivity index (χ1v) is 4.89. The summed E-state index contributed by atoms with van der Waals surface area (Å²) in [5.74, 6) is 0.760. The van der Waals surface area contributed by atoms with E-state index in [1.54, 1.807) is 0 Å². The molecule has 0 N–H and O–H groups in total. The van der Waals surface area contributed by atoms with Gasteiger partial charge in [-0.25, -0.2) is 11.9 Å². The van der Waals surface area contributed by atoms with E-state index in [1.165, 1.54) is 18.4 Å². The summed E-state index contributed by atoms with van der Waals surface area (Å²) in [5.41, 5.74) is 1.48. The molecular weight excluding hydrogens is 184 g/mol. The van der Waals surface area contributed by atoms with E-state index in [0.717, 1.165) is 5.92 Å². The maximum absolute atomic E-state index is 7.72. The van der Waals surface area contributed by atoms with Crippen molar-refractivity contribution < 1.29 is 4.66 Å². The molecule has 0 radical (unpaired) electrons. The lowest BCUT2D eigenvalue weighted by atomic mass is 9.94. The van der Waals surface area contributed by atoms with Crippen molar-refractivity contribution in [2.45, 2.75) is 32.6 Å². The van der Waals surface area contributed by atoms with Crippen molar-refractivity contribution in [2.24, 2.45) is 0 Å². The quantitative estimate of drug-likeness (QED) is 0.734. The Morgan fingerprint density at radius 2 is 1.54 bits per heavy atom. The Kier molecular flexibility index (Phi) is 7.76. The Morgan fingerprint density at radius 1 is 1.08 bits per heavy atom. The van der Waals surface area contributed by atoms with Crippen LogP contribution >= 0.6 is 11.9 Å². The Bertz CT molecular complexity index is 195. The van der Waals surface area contributed by atoms with E-state index in [2.05, 4.69) is 56.0 Å². The highest BCUT2D eigenvalue weighted by molar-refractivity contribution is 6.02. The molecule has 0 amide bonds. The monoisotopic (exact) mass is 199 g/mol. The summed E-state index contributed by atoms with van der Waals surface area (Å²) in [6.07, 6.45) is 2.50. The third kappa shape index (κ3) is 4.30. The Morgan fingerprint density at radius 3 is 1.92 bits per heavy atom. The number of hydrogen-bond donors (Lipinski definition) is 0. The normalized spacial score (nSPS) is 9.31. The zero-order valence-electron chi connectivity index (χ0n) is 8.16. The fourth-order valence-corrected chi connectivity index (χ4v) is 1.49. The van der Waals surface area contributed by atoms with Gasteiger partial charge in [0.1, 0.15) is 0 Å². The van der Waals surface area contributed by atoms with Gasteiger partial charge in [0.25, 0.3) is 0 Å². The van der Waals surface area contributed by atoms with E-state index in [-0.39, 0.29) is 0 Å². The zero-order valence-corrected chi connectivity index (χ0v) is 8.92. The lowest BCUT2D eigenvalue weighted by Crippen LogP contribution is -1.93. The third-order valence-electron chi connectivity index (χ3n) is 2.26. The molecule has 0 saturated carbocycles. The summed E-state index contributed by atoms with van der Waals surface area (Å²) in [4.78, 5) is 0. The van der Waals surface area contributed by atoms with E-state index in [4.69, 9.17) is 4.66 Å². The van der Waals surface area contributed by atoms with Gasteiger partial charge in [-0.2, -0.15) is 0 Å². The van der Waals surface area contributed by atoms with Crippen molar-refractivity contribution in [3.8, 4) is 0 Å². The largest absolute Gasteiger partial charge is 0.769 e. The van der Waals surface area contributed by atoms with Crippen molar-refractivity contribution in [1.82, 2.24) is 0 Å². The van der Waals surface area contributed by atoms with E-state index in [1.807, 2.05) is 0 Å². The molecule has 1 aromatic rings. The first-order chi connectivity index (χ1) is 6.38. The highest BCUT2D eigenvalue weighted by atomic mass is 35.5. The van der Waals surface area contributed by atoms with Crippen LogP contribution in [0.15, 0.2) is 30.3 Å². The van der Waals surface area contributed by atoms with Gasteiger partial charge in [0.05, 0.1) is 0 Å². The van der Waals surface area contributed by atoms with Crippen molar-refractivity contribution in [2.75, 3.05) is 0 Å². The molecule has 0 atom stereocenters. The first kappa shape index (κ1) is 12.5. The van der Waals surface area contributed by atoms with E-state index in [0.29, 0.717) is 0 Å². The Hall–Kier alpha value is -0.530. The van der Waals surface area contributed by atoms with Crippen LogP contribution in [0.2, 0.25) is 0 Å². The van der Waals surface area contributed by atoms with Crippen molar-refractivity contribution in [3.05, 3.63) is 35.9 Å². The molecule has 0 aliphatic carbocycles. The van der Waals surface area contributed by atoms with Gasteiger partial charge in [0, 0.05) is 0 Å². The summed E-state index contributed by atoms with van der Waals surface area (Å²) in [6.45, 7) is 4.50. The second-order valence-corrected chi connectivity index (χ2v) is 2.92. The summed E-state index contributed by atoms with van der Waals surface area (Å²) >= 11 is 3.39. The minimum atomic E-state index is 0.760. The summed E-state index contributed by atoms with van der Waals surface area (Å²) in [5, 5.41) is 0. The molecule has 0 bridgehead atoms. The first-order valence-electron chi connectivity index (χ1n) is 4.58. The van der Waals surface area contributed by atoms with E-state index >= 15 is 0 Å². The molecule has 0 fully saturated rings. The number of halogens is 1. The molecule has 1 rings (SSSR count). The predicted molar refractivity (Wildman–Crippen MR) is 55.6 cm³/mol. The topological polar surface area (TPSA) is 23.1 Å². The predicted octanol–water partition coefficient (Wildman–Crippen LogP) is 3.09. The average molecular weight is 200 g/mol. The smallest absolute Gasteiger partial charge is 0.0167 e. The molecule has 74 valence electrons. The molecule has 1 nitrogen and oxygen atoms in total. The fraction of sp³-hybridized carbons (Fsp3) is 0.455. The van der Waals surface area contributed by atoms with Gasteiger partial charge >= 0.3 is 0 Å². The van der Waals surface area contributed by atoms with Crippen LogP contribution in [0.4, 0.5) is 0 Å². The van der Waals surface area contributed by atoms with Gasteiger partial charge < -0.3 is 4.66 Å². The maximum atomic E-state index is 7.72. The lowest BCUT2D eigenvalue weighted by Gasteiger charge is -2.11. The highest BCUT2D eigenvalue weighted by Gasteiger charge is 2.03. The van der Waals surface area contributed by atoms with Crippen LogP contribution in [-0.2, 0) is 0 Å². The maximum Gasteiger partial charge on any atom is -0.0167 e. The molecule has 13 heavy (non-hydrogen) atoms. The molecular formula is C11H16ClO-. The van der Waals surface area contributed by atoms with Crippen molar-refractivity contribution in [1.29, 1.82) is 0 Å². The Balaban J connectivity index is 0.000000671. The van der Waals surface area contributed by atoms with Crippen LogP contribution in [0.25, 0.3) is 0 Å². The third-order valence-corrected chi connectivity index (χ3v) is 2.26. The Labute approximate surface area is 85.5 Å². The molecule has 0 heterocycles. The van der Waals surface area contributed by atoms with Gasteiger partial charge in [-0.05, 0) is 24.3 Å². The van der Waals surface area contributed by atoms with E-state index < -0.39 is 0 Å².